The number of rotatable bonds is 6. The third-order valence-electron chi connectivity index (χ3n) is 3.36. The minimum absolute atomic E-state index is 0.296. The second-order valence-corrected chi connectivity index (χ2v) is 4.95. The van der Waals surface area contributed by atoms with E-state index in [1.54, 1.807) is 0 Å². The van der Waals surface area contributed by atoms with Crippen LogP contribution >= 0.6 is 0 Å². The highest BCUT2D eigenvalue weighted by atomic mass is 19.3. The standard InChI is InChI=1S/C12H20F2N2O3/c13-12(14)8-10(19-11(12)17)9-15-2-1-3-16-4-6-18-7-5-16/h10,15H,1-9H2. The van der Waals surface area contributed by atoms with E-state index in [0.717, 1.165) is 45.8 Å². The molecule has 2 rings (SSSR count). The molecule has 110 valence electrons. The summed E-state index contributed by atoms with van der Waals surface area (Å²) in [5, 5.41) is 3.06. The highest BCUT2D eigenvalue weighted by Crippen LogP contribution is 2.30. The molecule has 0 spiro atoms. The van der Waals surface area contributed by atoms with Crippen molar-refractivity contribution in [3.8, 4) is 0 Å². The number of nitrogens with zero attached hydrogens (tertiary/aromatic N) is 1. The van der Waals surface area contributed by atoms with Crippen molar-refractivity contribution in [2.24, 2.45) is 0 Å². The van der Waals surface area contributed by atoms with Gasteiger partial charge in [0.15, 0.2) is 0 Å². The number of carbonyl (C=O) groups excluding carboxylic acids is 1. The molecule has 0 bridgehead atoms. The third kappa shape index (κ3) is 4.36. The summed E-state index contributed by atoms with van der Waals surface area (Å²) in [4.78, 5) is 13.1. The molecule has 2 fully saturated rings. The molecule has 1 N–H and O–H groups in total. The number of alkyl halides is 2. The summed E-state index contributed by atoms with van der Waals surface area (Å²) in [5.41, 5.74) is 0. The molecular formula is C12H20F2N2O3. The molecule has 0 aromatic rings. The number of nitrogens with one attached hydrogen (secondary N) is 1. The third-order valence-corrected chi connectivity index (χ3v) is 3.36. The lowest BCUT2D eigenvalue weighted by Gasteiger charge is -2.26. The van der Waals surface area contributed by atoms with Crippen LogP contribution in [0.5, 0.6) is 0 Å². The smallest absolute Gasteiger partial charge is 0.377 e. The van der Waals surface area contributed by atoms with E-state index in [4.69, 9.17) is 4.74 Å². The van der Waals surface area contributed by atoms with Gasteiger partial charge in [-0.25, -0.2) is 4.79 Å². The van der Waals surface area contributed by atoms with E-state index >= 15 is 0 Å². The molecule has 19 heavy (non-hydrogen) atoms. The van der Waals surface area contributed by atoms with Crippen LogP contribution in [-0.4, -0.2) is 68.8 Å². The number of ether oxygens (including phenoxy) is 2. The van der Waals surface area contributed by atoms with Crippen LogP contribution in [0.1, 0.15) is 12.8 Å². The van der Waals surface area contributed by atoms with Crippen molar-refractivity contribution in [1.29, 1.82) is 0 Å². The van der Waals surface area contributed by atoms with Gasteiger partial charge in [0, 0.05) is 19.6 Å². The van der Waals surface area contributed by atoms with Crippen LogP contribution in [0.2, 0.25) is 0 Å². The van der Waals surface area contributed by atoms with Crippen molar-refractivity contribution in [1.82, 2.24) is 10.2 Å². The Bertz CT molecular complexity index is 309. The van der Waals surface area contributed by atoms with Crippen LogP contribution < -0.4 is 5.32 Å². The first-order valence-corrected chi connectivity index (χ1v) is 6.68. The summed E-state index contributed by atoms with van der Waals surface area (Å²) >= 11 is 0. The van der Waals surface area contributed by atoms with Gasteiger partial charge in [0.05, 0.1) is 19.6 Å². The van der Waals surface area contributed by atoms with Crippen molar-refractivity contribution in [2.75, 3.05) is 45.9 Å². The normalized spacial score (nSPS) is 27.5. The average molecular weight is 278 g/mol. The Labute approximate surface area is 111 Å². The molecule has 1 atom stereocenters. The molecule has 0 aromatic heterocycles. The molecule has 0 aromatic carbocycles. The number of hydrogen-bond donors (Lipinski definition) is 1. The molecule has 1 unspecified atom stereocenters. The van der Waals surface area contributed by atoms with E-state index < -0.39 is 24.4 Å². The second-order valence-electron chi connectivity index (χ2n) is 4.95. The van der Waals surface area contributed by atoms with E-state index in [-0.39, 0.29) is 0 Å². The Hall–Kier alpha value is -0.790. The minimum Gasteiger partial charge on any atom is -0.456 e. The van der Waals surface area contributed by atoms with Gasteiger partial charge < -0.3 is 14.8 Å². The highest BCUT2D eigenvalue weighted by Gasteiger charge is 2.50. The van der Waals surface area contributed by atoms with Crippen molar-refractivity contribution in [3.05, 3.63) is 0 Å². The average Bonchev–Trinajstić information content (AvgIpc) is 2.64. The van der Waals surface area contributed by atoms with E-state index in [2.05, 4.69) is 15.0 Å². The first-order chi connectivity index (χ1) is 9.08. The topological polar surface area (TPSA) is 50.8 Å². The molecule has 2 heterocycles. The lowest BCUT2D eigenvalue weighted by Crippen LogP contribution is -2.38. The first-order valence-electron chi connectivity index (χ1n) is 6.68. The van der Waals surface area contributed by atoms with Crippen molar-refractivity contribution < 1.29 is 23.0 Å². The number of carbonyl (C=O) groups is 1. The molecular weight excluding hydrogens is 258 g/mol. The summed E-state index contributed by atoms with van der Waals surface area (Å²) in [7, 11) is 0. The Morgan fingerprint density at radius 2 is 2.11 bits per heavy atom. The van der Waals surface area contributed by atoms with Crippen molar-refractivity contribution >= 4 is 5.97 Å². The number of halogens is 2. The number of esters is 1. The SMILES string of the molecule is O=C1OC(CNCCCN2CCOCC2)CC1(F)F. The highest BCUT2D eigenvalue weighted by molar-refractivity contribution is 5.79. The fraction of sp³-hybridized carbons (Fsp3) is 0.917. The van der Waals surface area contributed by atoms with Gasteiger partial charge >= 0.3 is 11.9 Å². The molecule has 0 radical (unpaired) electrons. The zero-order valence-electron chi connectivity index (χ0n) is 10.9. The molecule has 0 aliphatic carbocycles. The second kappa shape index (κ2) is 6.58. The van der Waals surface area contributed by atoms with Gasteiger partial charge in [-0.3, -0.25) is 4.90 Å². The number of morpholine rings is 1. The molecule has 0 saturated carbocycles. The molecule has 2 aliphatic rings. The van der Waals surface area contributed by atoms with Gasteiger partial charge in [0.25, 0.3) is 0 Å². The minimum atomic E-state index is -3.31. The van der Waals surface area contributed by atoms with E-state index in [9.17, 15) is 13.6 Å². The van der Waals surface area contributed by atoms with Gasteiger partial charge in [-0.15, -0.1) is 0 Å². The zero-order chi connectivity index (χ0) is 13.7. The summed E-state index contributed by atoms with van der Waals surface area (Å²) in [6.07, 6.45) is -0.273. The molecule has 0 amide bonds. The van der Waals surface area contributed by atoms with Crippen LogP contribution in [-0.2, 0) is 14.3 Å². The predicted molar refractivity (Wildman–Crippen MR) is 64.2 cm³/mol. The maximum atomic E-state index is 12.9. The van der Waals surface area contributed by atoms with Crippen LogP contribution in [0, 0.1) is 0 Å². The zero-order valence-corrected chi connectivity index (χ0v) is 10.9. The Balaban J connectivity index is 1.51. The summed E-state index contributed by atoms with van der Waals surface area (Å²) in [6.45, 7) is 5.46. The molecule has 5 nitrogen and oxygen atoms in total. The molecule has 2 aliphatic heterocycles. The number of cyclic esters (lactones) is 1. The largest absolute Gasteiger partial charge is 0.456 e. The Morgan fingerprint density at radius 1 is 1.37 bits per heavy atom. The predicted octanol–water partition coefficient (Wildman–Crippen LogP) is 0.249. The Morgan fingerprint density at radius 3 is 2.74 bits per heavy atom. The van der Waals surface area contributed by atoms with Crippen molar-refractivity contribution in [3.63, 3.8) is 0 Å². The maximum Gasteiger partial charge on any atom is 0.377 e. The quantitative estimate of drug-likeness (QED) is 0.557. The monoisotopic (exact) mass is 278 g/mol. The summed E-state index contributed by atoms with van der Waals surface area (Å²) in [5.74, 6) is -4.70. The van der Waals surface area contributed by atoms with Gasteiger partial charge in [0.2, 0.25) is 0 Å². The van der Waals surface area contributed by atoms with Gasteiger partial charge in [-0.2, -0.15) is 8.78 Å². The molecule has 2 saturated heterocycles. The molecule has 7 heteroatoms. The summed E-state index contributed by atoms with van der Waals surface area (Å²) < 4.78 is 35.6. The number of hydrogen-bond acceptors (Lipinski definition) is 5. The van der Waals surface area contributed by atoms with Crippen LogP contribution in [0.3, 0.4) is 0 Å². The lowest BCUT2D eigenvalue weighted by atomic mass is 10.2. The van der Waals surface area contributed by atoms with Crippen molar-refractivity contribution in [2.45, 2.75) is 24.9 Å². The summed E-state index contributed by atoms with van der Waals surface area (Å²) in [6, 6.07) is 0. The van der Waals surface area contributed by atoms with Crippen LogP contribution in [0.4, 0.5) is 8.78 Å². The van der Waals surface area contributed by atoms with Gasteiger partial charge in [0.1, 0.15) is 6.10 Å². The first kappa shape index (κ1) is 14.6. The van der Waals surface area contributed by atoms with Gasteiger partial charge in [-0.1, -0.05) is 0 Å². The maximum absolute atomic E-state index is 12.9. The fourth-order valence-corrected chi connectivity index (χ4v) is 2.28. The fourth-order valence-electron chi connectivity index (χ4n) is 2.28. The van der Waals surface area contributed by atoms with E-state index in [1.807, 2.05) is 0 Å². The Kier molecular flexibility index (Phi) is 5.06. The van der Waals surface area contributed by atoms with Crippen LogP contribution in [0.15, 0.2) is 0 Å². The van der Waals surface area contributed by atoms with E-state index in [1.165, 1.54) is 0 Å². The van der Waals surface area contributed by atoms with E-state index in [0.29, 0.717) is 6.54 Å². The van der Waals surface area contributed by atoms with Gasteiger partial charge in [-0.05, 0) is 19.5 Å². The lowest BCUT2D eigenvalue weighted by molar-refractivity contribution is -0.159. The van der Waals surface area contributed by atoms with Crippen LogP contribution in [0.25, 0.3) is 0 Å².